The van der Waals surface area contributed by atoms with Crippen LogP contribution in [0, 0.1) is 11.8 Å². The van der Waals surface area contributed by atoms with E-state index in [0.29, 0.717) is 0 Å². The molecule has 128 valence electrons. The van der Waals surface area contributed by atoms with Gasteiger partial charge < -0.3 is 4.90 Å². The summed E-state index contributed by atoms with van der Waals surface area (Å²) < 4.78 is 0. The summed E-state index contributed by atoms with van der Waals surface area (Å²) in [6, 6.07) is 0. The van der Waals surface area contributed by atoms with Crippen molar-refractivity contribution in [2.24, 2.45) is 11.8 Å². The van der Waals surface area contributed by atoms with Crippen LogP contribution in [0.3, 0.4) is 0 Å². The molecule has 2 aliphatic rings. The largest absolute Gasteiger partial charge is 0.378 e. The molecule has 0 bridgehead atoms. The lowest BCUT2D eigenvalue weighted by Gasteiger charge is -2.29. The fraction of sp³-hybridized carbons (Fsp3) is 0.905. The van der Waals surface area contributed by atoms with Crippen molar-refractivity contribution >= 4 is 0 Å². The van der Waals surface area contributed by atoms with E-state index in [0.717, 1.165) is 11.8 Å². The van der Waals surface area contributed by atoms with E-state index in [-0.39, 0.29) is 0 Å². The number of rotatable bonds is 9. The van der Waals surface area contributed by atoms with E-state index in [1.165, 1.54) is 103 Å². The number of nitrogens with zero attached hydrogens (tertiary/aromatic N) is 1. The van der Waals surface area contributed by atoms with Crippen LogP contribution < -0.4 is 0 Å². The van der Waals surface area contributed by atoms with Crippen molar-refractivity contribution in [1.29, 1.82) is 0 Å². The molecular weight excluding hydrogens is 266 g/mol. The molecule has 0 atom stereocenters. The van der Waals surface area contributed by atoms with Crippen molar-refractivity contribution in [2.75, 3.05) is 13.1 Å². The van der Waals surface area contributed by atoms with Gasteiger partial charge in [0.1, 0.15) is 0 Å². The Morgan fingerprint density at radius 1 is 0.818 bits per heavy atom. The molecule has 2 fully saturated rings. The summed E-state index contributed by atoms with van der Waals surface area (Å²) in [6.45, 7) is 4.89. The second-order valence-corrected chi connectivity index (χ2v) is 7.78. The number of allylic oxidation sites excluding steroid dienone is 1. The van der Waals surface area contributed by atoms with Crippen molar-refractivity contribution in [3.05, 3.63) is 12.3 Å². The van der Waals surface area contributed by atoms with Crippen molar-refractivity contribution in [3.63, 3.8) is 0 Å². The van der Waals surface area contributed by atoms with Gasteiger partial charge in [-0.3, -0.25) is 0 Å². The van der Waals surface area contributed by atoms with E-state index in [1.54, 1.807) is 0 Å². The zero-order chi connectivity index (χ0) is 15.5. The Hall–Kier alpha value is -0.460. The third kappa shape index (κ3) is 7.20. The first-order valence-electron chi connectivity index (χ1n) is 10.3. The fourth-order valence-electron chi connectivity index (χ4n) is 4.19. The number of unbranched alkanes of at least 4 members (excludes halogenated alkanes) is 5. The van der Waals surface area contributed by atoms with Gasteiger partial charge >= 0.3 is 0 Å². The van der Waals surface area contributed by atoms with Gasteiger partial charge in [0.25, 0.3) is 0 Å². The molecule has 1 saturated carbocycles. The van der Waals surface area contributed by atoms with E-state index >= 15 is 0 Å². The first-order valence-corrected chi connectivity index (χ1v) is 10.3. The molecule has 1 aliphatic carbocycles. The monoisotopic (exact) mass is 305 g/mol. The second-order valence-electron chi connectivity index (χ2n) is 7.78. The van der Waals surface area contributed by atoms with Crippen LogP contribution in [-0.4, -0.2) is 18.0 Å². The van der Waals surface area contributed by atoms with Gasteiger partial charge in [-0.05, 0) is 63.0 Å². The third-order valence-corrected chi connectivity index (χ3v) is 5.82. The maximum Gasteiger partial charge on any atom is 0.0172 e. The van der Waals surface area contributed by atoms with E-state index in [2.05, 4.69) is 24.1 Å². The molecule has 0 aromatic rings. The highest BCUT2D eigenvalue weighted by Gasteiger charge is 2.19. The Balaban J connectivity index is 1.51. The smallest absolute Gasteiger partial charge is 0.0172 e. The van der Waals surface area contributed by atoms with E-state index in [9.17, 15) is 0 Å². The molecule has 1 heteroatoms. The first kappa shape index (κ1) is 17.9. The molecule has 0 aromatic heterocycles. The van der Waals surface area contributed by atoms with Gasteiger partial charge in [-0.1, -0.05) is 57.9 Å². The standard InChI is InChI=1S/C21H39N/c1-2-3-4-5-6-8-11-20-12-14-21(15-13-20)16-19-22-17-9-7-10-18-22/h16,19-21H,2-15,17-18H2,1H3. The predicted molar refractivity (Wildman–Crippen MR) is 98.0 cm³/mol. The van der Waals surface area contributed by atoms with Gasteiger partial charge in [-0.25, -0.2) is 0 Å². The highest BCUT2D eigenvalue weighted by molar-refractivity contribution is 4.91. The average Bonchev–Trinajstić information content (AvgIpc) is 2.58. The molecule has 1 nitrogen and oxygen atoms in total. The van der Waals surface area contributed by atoms with Crippen molar-refractivity contribution < 1.29 is 0 Å². The van der Waals surface area contributed by atoms with Crippen LogP contribution in [0.15, 0.2) is 12.3 Å². The zero-order valence-electron chi connectivity index (χ0n) is 15.1. The molecule has 0 N–H and O–H groups in total. The Morgan fingerprint density at radius 3 is 2.23 bits per heavy atom. The quantitative estimate of drug-likeness (QED) is 0.437. The first-order chi connectivity index (χ1) is 10.9. The Labute approximate surface area is 139 Å². The number of likely N-dealkylation sites (tertiary alicyclic amines) is 1. The molecule has 0 radical (unpaired) electrons. The fourth-order valence-corrected chi connectivity index (χ4v) is 4.19. The van der Waals surface area contributed by atoms with Crippen LogP contribution in [0.2, 0.25) is 0 Å². The Bertz CT molecular complexity index is 282. The molecule has 1 saturated heterocycles. The molecule has 0 spiro atoms. The topological polar surface area (TPSA) is 3.24 Å². The lowest BCUT2D eigenvalue weighted by molar-refractivity contribution is 0.279. The number of hydrogen-bond acceptors (Lipinski definition) is 1. The lowest BCUT2D eigenvalue weighted by atomic mass is 9.79. The van der Waals surface area contributed by atoms with Crippen LogP contribution >= 0.6 is 0 Å². The van der Waals surface area contributed by atoms with Gasteiger partial charge in [0.2, 0.25) is 0 Å². The second kappa shape index (κ2) is 11.1. The minimum atomic E-state index is 0.878. The van der Waals surface area contributed by atoms with Crippen LogP contribution in [-0.2, 0) is 0 Å². The van der Waals surface area contributed by atoms with Gasteiger partial charge in [0, 0.05) is 13.1 Å². The molecule has 1 aliphatic heterocycles. The summed E-state index contributed by atoms with van der Waals surface area (Å²) in [4.78, 5) is 2.55. The summed E-state index contributed by atoms with van der Waals surface area (Å²) in [7, 11) is 0. The van der Waals surface area contributed by atoms with Crippen LogP contribution in [0.4, 0.5) is 0 Å². The van der Waals surface area contributed by atoms with E-state index in [1.807, 2.05) is 0 Å². The average molecular weight is 306 g/mol. The third-order valence-electron chi connectivity index (χ3n) is 5.82. The van der Waals surface area contributed by atoms with E-state index < -0.39 is 0 Å². The minimum Gasteiger partial charge on any atom is -0.378 e. The number of piperidine rings is 1. The Morgan fingerprint density at radius 2 is 1.50 bits per heavy atom. The summed E-state index contributed by atoms with van der Waals surface area (Å²) >= 11 is 0. The predicted octanol–water partition coefficient (Wildman–Crippen LogP) is 6.54. The van der Waals surface area contributed by atoms with Crippen molar-refractivity contribution in [2.45, 2.75) is 96.8 Å². The maximum atomic E-state index is 2.55. The highest BCUT2D eigenvalue weighted by atomic mass is 15.1. The zero-order valence-corrected chi connectivity index (χ0v) is 15.1. The maximum absolute atomic E-state index is 2.55. The van der Waals surface area contributed by atoms with Crippen LogP contribution in [0.1, 0.15) is 96.8 Å². The Kier molecular flexibility index (Phi) is 9.05. The van der Waals surface area contributed by atoms with Gasteiger partial charge in [-0.2, -0.15) is 0 Å². The molecule has 1 heterocycles. The van der Waals surface area contributed by atoms with Gasteiger partial charge in [0.05, 0.1) is 0 Å². The van der Waals surface area contributed by atoms with Crippen molar-refractivity contribution in [1.82, 2.24) is 4.90 Å². The van der Waals surface area contributed by atoms with Crippen LogP contribution in [0.25, 0.3) is 0 Å². The van der Waals surface area contributed by atoms with Gasteiger partial charge in [-0.15, -0.1) is 0 Å². The van der Waals surface area contributed by atoms with Crippen molar-refractivity contribution in [3.8, 4) is 0 Å². The highest BCUT2D eigenvalue weighted by Crippen LogP contribution is 2.33. The summed E-state index contributed by atoms with van der Waals surface area (Å²) in [6.07, 6.45) is 25.3. The lowest BCUT2D eigenvalue weighted by Crippen LogP contribution is -2.24. The summed E-state index contributed by atoms with van der Waals surface area (Å²) in [5, 5.41) is 0. The summed E-state index contributed by atoms with van der Waals surface area (Å²) in [5.41, 5.74) is 0. The SMILES string of the molecule is CCCCCCCCC1CCC(C=CN2CCCCC2)CC1. The number of hydrogen-bond donors (Lipinski definition) is 0. The molecule has 0 aromatic carbocycles. The molecule has 22 heavy (non-hydrogen) atoms. The van der Waals surface area contributed by atoms with E-state index in [4.69, 9.17) is 0 Å². The minimum absolute atomic E-state index is 0.878. The molecule has 0 unspecified atom stereocenters. The molecule has 0 amide bonds. The normalized spacial score (nSPS) is 26.7. The summed E-state index contributed by atoms with van der Waals surface area (Å²) in [5.74, 6) is 1.92. The molecule has 2 rings (SSSR count). The van der Waals surface area contributed by atoms with Crippen LogP contribution in [0.5, 0.6) is 0 Å². The van der Waals surface area contributed by atoms with Gasteiger partial charge in [0.15, 0.2) is 0 Å². The molecular formula is C21H39N.